The molecule has 1 heterocycles. The monoisotopic (exact) mass is 389 g/mol. The average Bonchev–Trinajstić information content (AvgIpc) is 2.77. The Hall–Kier alpha value is -1.44. The highest BCUT2D eigenvalue weighted by Crippen LogP contribution is 2.23. The van der Waals surface area contributed by atoms with Crippen LogP contribution in [-0.2, 0) is 9.59 Å². The summed E-state index contributed by atoms with van der Waals surface area (Å²) in [5.41, 5.74) is 0.398. The van der Waals surface area contributed by atoms with Gasteiger partial charge in [0.25, 0.3) is 5.91 Å². The minimum absolute atomic E-state index is 0.373. The first kappa shape index (κ1) is 18.9. The molecule has 0 aliphatic carbocycles. The van der Waals surface area contributed by atoms with E-state index < -0.39 is 24.0 Å². The maximum absolute atomic E-state index is 12.4. The Kier molecular flexibility index (Phi) is 6.37. The summed E-state index contributed by atoms with van der Waals surface area (Å²) >= 11 is 13.4. The number of anilines is 1. The van der Waals surface area contributed by atoms with Crippen LogP contribution in [-0.4, -0.2) is 46.8 Å². The second-order valence-corrected chi connectivity index (χ2v) is 7.17. The topological polar surface area (TPSA) is 78.5 Å². The van der Waals surface area contributed by atoms with Crippen LogP contribution in [0.15, 0.2) is 18.2 Å². The Balaban J connectivity index is 2.07. The molecular formula is C15H17Cl2N3O3S. The maximum Gasteiger partial charge on any atom is 0.325 e. The molecule has 4 amide bonds. The van der Waals surface area contributed by atoms with Gasteiger partial charge in [0, 0.05) is 15.7 Å². The molecule has 2 atom stereocenters. The fraction of sp³-hybridized carbons (Fsp3) is 0.400. The summed E-state index contributed by atoms with van der Waals surface area (Å²) in [5.74, 6) is -0.144. The summed E-state index contributed by atoms with van der Waals surface area (Å²) in [6.45, 7) is 1.50. The number of halogens is 2. The van der Waals surface area contributed by atoms with Gasteiger partial charge < -0.3 is 10.6 Å². The average molecular weight is 390 g/mol. The van der Waals surface area contributed by atoms with Gasteiger partial charge in [-0.2, -0.15) is 11.8 Å². The van der Waals surface area contributed by atoms with Gasteiger partial charge in [0.15, 0.2) is 0 Å². The number of imide groups is 1. The quantitative estimate of drug-likeness (QED) is 0.732. The molecule has 0 aromatic heterocycles. The number of amides is 4. The van der Waals surface area contributed by atoms with Crippen molar-refractivity contribution in [2.45, 2.75) is 25.4 Å². The van der Waals surface area contributed by atoms with Crippen molar-refractivity contribution in [3.63, 3.8) is 0 Å². The van der Waals surface area contributed by atoms with Crippen LogP contribution in [0.3, 0.4) is 0 Å². The van der Waals surface area contributed by atoms with Crippen molar-refractivity contribution in [3.8, 4) is 0 Å². The van der Waals surface area contributed by atoms with Crippen molar-refractivity contribution in [3.05, 3.63) is 28.2 Å². The number of urea groups is 1. The predicted molar refractivity (Wildman–Crippen MR) is 96.7 cm³/mol. The van der Waals surface area contributed by atoms with E-state index >= 15 is 0 Å². The minimum Gasteiger partial charge on any atom is -0.326 e. The second kappa shape index (κ2) is 8.09. The molecule has 0 radical (unpaired) electrons. The smallest absolute Gasteiger partial charge is 0.325 e. The number of hydrogen-bond donors (Lipinski definition) is 2. The van der Waals surface area contributed by atoms with E-state index in [1.165, 1.54) is 25.1 Å². The summed E-state index contributed by atoms with van der Waals surface area (Å²) in [7, 11) is 0. The summed E-state index contributed by atoms with van der Waals surface area (Å²) in [6, 6.07) is 2.51. The van der Waals surface area contributed by atoms with E-state index in [2.05, 4.69) is 10.6 Å². The fourth-order valence-electron chi connectivity index (χ4n) is 2.34. The molecule has 0 bridgehead atoms. The van der Waals surface area contributed by atoms with Gasteiger partial charge in [0.2, 0.25) is 5.91 Å². The zero-order valence-electron chi connectivity index (χ0n) is 13.1. The minimum atomic E-state index is -0.950. The molecular weight excluding hydrogens is 373 g/mol. The molecule has 1 aliphatic rings. The number of nitrogens with zero attached hydrogens (tertiary/aromatic N) is 1. The molecule has 0 spiro atoms. The lowest BCUT2D eigenvalue weighted by molar-refractivity contribution is -0.133. The molecule has 0 unspecified atom stereocenters. The van der Waals surface area contributed by atoms with E-state index in [0.29, 0.717) is 22.2 Å². The molecule has 2 rings (SSSR count). The van der Waals surface area contributed by atoms with Crippen molar-refractivity contribution in [1.82, 2.24) is 10.2 Å². The summed E-state index contributed by atoms with van der Waals surface area (Å²) in [5, 5.41) is 5.97. The summed E-state index contributed by atoms with van der Waals surface area (Å²) in [6.07, 6.45) is 2.45. The number of hydrogen-bond acceptors (Lipinski definition) is 4. The number of nitrogens with one attached hydrogen (secondary N) is 2. The molecule has 1 aromatic carbocycles. The van der Waals surface area contributed by atoms with Crippen LogP contribution in [0.2, 0.25) is 10.0 Å². The van der Waals surface area contributed by atoms with Gasteiger partial charge in [-0.15, -0.1) is 0 Å². The number of benzene rings is 1. The highest BCUT2D eigenvalue weighted by atomic mass is 35.5. The van der Waals surface area contributed by atoms with Crippen LogP contribution >= 0.6 is 35.0 Å². The Morgan fingerprint density at radius 1 is 1.33 bits per heavy atom. The second-order valence-electron chi connectivity index (χ2n) is 5.32. The standard InChI is InChI=1S/C15H17Cl2N3O3S/c1-8(13(21)18-11-6-9(16)5-10(17)7-11)20-14(22)12(3-4-24-2)19-15(20)23/h5-8,12H,3-4H2,1-2H3,(H,18,21)(H,19,23)/t8-,12+/m0/s1. The predicted octanol–water partition coefficient (Wildman–Crippen LogP) is 2.99. The van der Waals surface area contributed by atoms with E-state index in [-0.39, 0.29) is 5.91 Å². The number of carbonyl (C=O) groups is 3. The lowest BCUT2D eigenvalue weighted by Gasteiger charge is -2.21. The van der Waals surface area contributed by atoms with Crippen LogP contribution in [0.5, 0.6) is 0 Å². The van der Waals surface area contributed by atoms with Crippen LogP contribution in [0.25, 0.3) is 0 Å². The largest absolute Gasteiger partial charge is 0.326 e. The molecule has 24 heavy (non-hydrogen) atoms. The third-order valence-corrected chi connectivity index (χ3v) is 4.64. The lowest BCUT2D eigenvalue weighted by atomic mass is 10.2. The lowest BCUT2D eigenvalue weighted by Crippen LogP contribution is -2.46. The summed E-state index contributed by atoms with van der Waals surface area (Å²) < 4.78 is 0. The van der Waals surface area contributed by atoms with Crippen molar-refractivity contribution < 1.29 is 14.4 Å². The van der Waals surface area contributed by atoms with Crippen molar-refractivity contribution in [2.24, 2.45) is 0 Å². The Morgan fingerprint density at radius 3 is 2.54 bits per heavy atom. The van der Waals surface area contributed by atoms with Crippen molar-refractivity contribution in [1.29, 1.82) is 0 Å². The Bertz CT molecular complexity index is 651. The third kappa shape index (κ3) is 4.34. The zero-order valence-corrected chi connectivity index (χ0v) is 15.5. The molecule has 6 nitrogen and oxygen atoms in total. The van der Waals surface area contributed by atoms with Gasteiger partial charge in [-0.25, -0.2) is 4.79 Å². The normalized spacial score (nSPS) is 18.5. The fourth-order valence-corrected chi connectivity index (χ4v) is 3.33. The van der Waals surface area contributed by atoms with Gasteiger partial charge in [-0.05, 0) is 43.6 Å². The first-order valence-corrected chi connectivity index (χ1v) is 9.38. The van der Waals surface area contributed by atoms with Gasteiger partial charge in [0.05, 0.1) is 0 Å². The van der Waals surface area contributed by atoms with Gasteiger partial charge in [-0.1, -0.05) is 23.2 Å². The SMILES string of the molecule is CSCC[C@H]1NC(=O)N([C@@H](C)C(=O)Nc2cc(Cl)cc(Cl)c2)C1=O. The van der Waals surface area contributed by atoms with Crippen LogP contribution in [0, 0.1) is 0 Å². The van der Waals surface area contributed by atoms with E-state index in [0.717, 1.165) is 10.7 Å². The molecule has 2 N–H and O–H groups in total. The Morgan fingerprint density at radius 2 is 1.96 bits per heavy atom. The van der Waals surface area contributed by atoms with Crippen LogP contribution in [0.1, 0.15) is 13.3 Å². The molecule has 1 aliphatic heterocycles. The molecule has 130 valence electrons. The van der Waals surface area contributed by atoms with Crippen molar-refractivity contribution in [2.75, 3.05) is 17.3 Å². The highest BCUT2D eigenvalue weighted by Gasteiger charge is 2.42. The van der Waals surface area contributed by atoms with Gasteiger partial charge in [-0.3, -0.25) is 14.5 Å². The van der Waals surface area contributed by atoms with E-state index in [4.69, 9.17) is 23.2 Å². The number of thioether (sulfide) groups is 1. The number of rotatable bonds is 6. The van der Waals surface area contributed by atoms with E-state index in [1.54, 1.807) is 11.8 Å². The molecule has 9 heteroatoms. The number of carbonyl (C=O) groups excluding carboxylic acids is 3. The maximum atomic E-state index is 12.4. The molecule has 1 aromatic rings. The highest BCUT2D eigenvalue weighted by molar-refractivity contribution is 7.98. The molecule has 1 fully saturated rings. The van der Waals surface area contributed by atoms with Gasteiger partial charge in [0.1, 0.15) is 12.1 Å². The Labute approximate surface area is 154 Å². The van der Waals surface area contributed by atoms with Crippen LogP contribution in [0.4, 0.5) is 10.5 Å². The first-order chi connectivity index (χ1) is 11.3. The van der Waals surface area contributed by atoms with E-state index in [9.17, 15) is 14.4 Å². The zero-order chi connectivity index (χ0) is 17.9. The first-order valence-electron chi connectivity index (χ1n) is 7.23. The van der Waals surface area contributed by atoms with Gasteiger partial charge >= 0.3 is 6.03 Å². The van der Waals surface area contributed by atoms with Crippen LogP contribution < -0.4 is 10.6 Å². The third-order valence-electron chi connectivity index (χ3n) is 3.56. The molecule has 1 saturated heterocycles. The van der Waals surface area contributed by atoms with E-state index in [1.807, 2.05) is 6.26 Å². The summed E-state index contributed by atoms with van der Waals surface area (Å²) in [4.78, 5) is 37.7. The van der Waals surface area contributed by atoms with Crippen molar-refractivity contribution >= 4 is 58.5 Å². The molecule has 0 saturated carbocycles.